The van der Waals surface area contributed by atoms with Crippen molar-refractivity contribution in [2.45, 2.75) is 33.6 Å². The molecule has 1 aromatic carbocycles. The molecule has 110 valence electrons. The van der Waals surface area contributed by atoms with Gasteiger partial charge in [0.05, 0.1) is 23.6 Å². The molecular weight excluding hydrogens is 262 g/mol. The van der Waals surface area contributed by atoms with E-state index >= 15 is 0 Å². The second-order valence-electron chi connectivity index (χ2n) is 5.33. The molecule has 1 aromatic heterocycles. The van der Waals surface area contributed by atoms with Gasteiger partial charge in [-0.2, -0.15) is 0 Å². The molecule has 0 radical (unpaired) electrons. The summed E-state index contributed by atoms with van der Waals surface area (Å²) < 4.78 is 5.14. The first-order chi connectivity index (χ1) is 10.0. The number of aromatic nitrogens is 1. The van der Waals surface area contributed by atoms with Gasteiger partial charge in [0.2, 0.25) is 0 Å². The Labute approximate surface area is 126 Å². The summed E-state index contributed by atoms with van der Waals surface area (Å²) in [6.45, 7) is 8.23. The number of carbonyl (C=O) groups is 1. The molecule has 1 heterocycles. The zero-order valence-corrected chi connectivity index (χ0v) is 13.0. The lowest BCUT2D eigenvalue weighted by molar-refractivity contribution is 0.0524. The Hall–Kier alpha value is -2.16. The molecule has 21 heavy (non-hydrogen) atoms. The van der Waals surface area contributed by atoms with Gasteiger partial charge in [0.25, 0.3) is 0 Å². The molecule has 0 atom stereocenters. The van der Waals surface area contributed by atoms with Gasteiger partial charge in [-0.3, -0.25) is 4.98 Å². The van der Waals surface area contributed by atoms with Gasteiger partial charge in [-0.1, -0.05) is 44.2 Å². The Morgan fingerprint density at radius 1 is 1.24 bits per heavy atom. The van der Waals surface area contributed by atoms with Crippen LogP contribution in [0, 0.1) is 6.92 Å². The van der Waals surface area contributed by atoms with E-state index in [1.165, 1.54) is 0 Å². The highest BCUT2D eigenvalue weighted by molar-refractivity contribution is 5.91. The molecule has 0 aliphatic heterocycles. The van der Waals surface area contributed by atoms with Crippen molar-refractivity contribution in [3.8, 4) is 11.3 Å². The smallest absolute Gasteiger partial charge is 0.339 e. The standard InChI is InChI=1S/C18H21NO2/c1-5-21-18(20)15-11-13(4)17(19-16(15)12(2)3)14-9-7-6-8-10-14/h6-12H,5H2,1-4H3. The van der Waals surface area contributed by atoms with Crippen LogP contribution in [0.4, 0.5) is 0 Å². The zero-order valence-electron chi connectivity index (χ0n) is 13.0. The number of hydrogen-bond donors (Lipinski definition) is 0. The first-order valence-electron chi connectivity index (χ1n) is 7.28. The van der Waals surface area contributed by atoms with Gasteiger partial charge in [0.15, 0.2) is 0 Å². The number of rotatable bonds is 4. The summed E-state index contributed by atoms with van der Waals surface area (Å²) in [7, 11) is 0. The van der Waals surface area contributed by atoms with Crippen molar-refractivity contribution in [2.75, 3.05) is 6.61 Å². The molecule has 0 unspecified atom stereocenters. The van der Waals surface area contributed by atoms with Crippen LogP contribution in [-0.2, 0) is 4.74 Å². The van der Waals surface area contributed by atoms with E-state index in [1.54, 1.807) is 0 Å². The number of carbonyl (C=O) groups excluding carboxylic acids is 1. The fourth-order valence-corrected chi connectivity index (χ4v) is 2.33. The molecule has 0 fully saturated rings. The average molecular weight is 283 g/mol. The summed E-state index contributed by atoms with van der Waals surface area (Å²) >= 11 is 0. The van der Waals surface area contributed by atoms with Gasteiger partial charge in [-0.15, -0.1) is 0 Å². The molecule has 3 heteroatoms. The topological polar surface area (TPSA) is 39.2 Å². The summed E-state index contributed by atoms with van der Waals surface area (Å²) in [6.07, 6.45) is 0. The third kappa shape index (κ3) is 3.30. The van der Waals surface area contributed by atoms with Crippen LogP contribution < -0.4 is 0 Å². The van der Waals surface area contributed by atoms with Crippen LogP contribution in [0.25, 0.3) is 11.3 Å². The van der Waals surface area contributed by atoms with E-state index in [1.807, 2.05) is 64.1 Å². The summed E-state index contributed by atoms with van der Waals surface area (Å²) in [5.41, 5.74) is 4.33. The van der Waals surface area contributed by atoms with Crippen molar-refractivity contribution >= 4 is 5.97 Å². The van der Waals surface area contributed by atoms with Gasteiger partial charge in [-0.05, 0) is 31.4 Å². The second-order valence-corrected chi connectivity index (χ2v) is 5.33. The maximum Gasteiger partial charge on any atom is 0.339 e. The highest BCUT2D eigenvalue weighted by Crippen LogP contribution is 2.27. The van der Waals surface area contributed by atoms with Crippen LogP contribution in [0.2, 0.25) is 0 Å². The van der Waals surface area contributed by atoms with Crippen LogP contribution >= 0.6 is 0 Å². The van der Waals surface area contributed by atoms with Crippen LogP contribution in [-0.4, -0.2) is 17.6 Å². The lowest BCUT2D eigenvalue weighted by Gasteiger charge is -2.15. The third-order valence-electron chi connectivity index (χ3n) is 3.33. The number of aryl methyl sites for hydroxylation is 1. The Morgan fingerprint density at radius 3 is 2.48 bits per heavy atom. The maximum absolute atomic E-state index is 12.1. The molecule has 0 saturated heterocycles. The number of nitrogens with zero attached hydrogens (tertiary/aromatic N) is 1. The summed E-state index contributed by atoms with van der Waals surface area (Å²) in [5, 5.41) is 0. The first kappa shape index (κ1) is 15.2. The van der Waals surface area contributed by atoms with E-state index in [9.17, 15) is 4.79 Å². The molecule has 0 bridgehead atoms. The quantitative estimate of drug-likeness (QED) is 0.783. The highest BCUT2D eigenvalue weighted by atomic mass is 16.5. The van der Waals surface area contributed by atoms with Crippen molar-refractivity contribution in [3.63, 3.8) is 0 Å². The summed E-state index contributed by atoms with van der Waals surface area (Å²) in [5.74, 6) is -0.135. The van der Waals surface area contributed by atoms with Crippen molar-refractivity contribution < 1.29 is 9.53 Å². The van der Waals surface area contributed by atoms with Crippen LogP contribution in [0.3, 0.4) is 0 Å². The van der Waals surface area contributed by atoms with Gasteiger partial charge in [0.1, 0.15) is 0 Å². The van der Waals surface area contributed by atoms with Crippen LogP contribution in [0.1, 0.15) is 48.3 Å². The fourth-order valence-electron chi connectivity index (χ4n) is 2.33. The maximum atomic E-state index is 12.1. The highest BCUT2D eigenvalue weighted by Gasteiger charge is 2.19. The Kier molecular flexibility index (Phi) is 4.73. The molecule has 0 amide bonds. The predicted molar refractivity (Wildman–Crippen MR) is 84.5 cm³/mol. The first-order valence-corrected chi connectivity index (χ1v) is 7.28. The van der Waals surface area contributed by atoms with Gasteiger partial charge in [0, 0.05) is 5.56 Å². The number of hydrogen-bond acceptors (Lipinski definition) is 3. The van der Waals surface area contributed by atoms with Gasteiger partial charge >= 0.3 is 5.97 Å². The molecule has 2 aromatic rings. The largest absolute Gasteiger partial charge is 0.462 e. The molecular formula is C18H21NO2. The van der Waals surface area contributed by atoms with E-state index in [0.717, 1.165) is 22.5 Å². The molecule has 0 spiro atoms. The van der Waals surface area contributed by atoms with Crippen molar-refractivity contribution in [1.82, 2.24) is 4.98 Å². The molecule has 0 aliphatic rings. The predicted octanol–water partition coefficient (Wildman–Crippen LogP) is 4.36. The summed E-state index contributed by atoms with van der Waals surface area (Å²) in [4.78, 5) is 16.9. The fraction of sp³-hybridized carbons (Fsp3) is 0.333. The number of pyridine rings is 1. The zero-order chi connectivity index (χ0) is 15.4. The van der Waals surface area contributed by atoms with Gasteiger partial charge < -0.3 is 4.74 Å². The van der Waals surface area contributed by atoms with E-state index in [0.29, 0.717) is 12.2 Å². The minimum Gasteiger partial charge on any atom is -0.462 e. The van der Waals surface area contributed by atoms with Crippen molar-refractivity contribution in [1.29, 1.82) is 0 Å². The van der Waals surface area contributed by atoms with Crippen LogP contribution in [0.5, 0.6) is 0 Å². The third-order valence-corrected chi connectivity index (χ3v) is 3.33. The SMILES string of the molecule is CCOC(=O)c1cc(C)c(-c2ccccc2)nc1C(C)C. The van der Waals surface area contributed by atoms with E-state index in [-0.39, 0.29) is 11.9 Å². The summed E-state index contributed by atoms with van der Waals surface area (Å²) in [6, 6.07) is 11.9. The van der Waals surface area contributed by atoms with E-state index in [2.05, 4.69) is 0 Å². The van der Waals surface area contributed by atoms with E-state index < -0.39 is 0 Å². The number of benzene rings is 1. The monoisotopic (exact) mass is 283 g/mol. The van der Waals surface area contributed by atoms with E-state index in [4.69, 9.17) is 9.72 Å². The minimum atomic E-state index is -0.295. The Bertz CT molecular complexity index is 633. The number of ether oxygens (including phenoxy) is 1. The lowest BCUT2D eigenvalue weighted by atomic mass is 9.98. The average Bonchev–Trinajstić information content (AvgIpc) is 2.47. The number of esters is 1. The molecule has 2 rings (SSSR count). The van der Waals surface area contributed by atoms with Crippen LogP contribution in [0.15, 0.2) is 36.4 Å². The van der Waals surface area contributed by atoms with Crippen molar-refractivity contribution in [3.05, 3.63) is 53.2 Å². The molecule has 3 nitrogen and oxygen atoms in total. The lowest BCUT2D eigenvalue weighted by Crippen LogP contribution is -2.12. The molecule has 0 aliphatic carbocycles. The Morgan fingerprint density at radius 2 is 1.90 bits per heavy atom. The van der Waals surface area contributed by atoms with Crippen molar-refractivity contribution in [2.24, 2.45) is 0 Å². The van der Waals surface area contributed by atoms with Gasteiger partial charge in [-0.25, -0.2) is 4.79 Å². The minimum absolute atomic E-state index is 0.160. The molecule has 0 N–H and O–H groups in total. The normalized spacial score (nSPS) is 10.7. The second kappa shape index (κ2) is 6.53. The Balaban J connectivity index is 2.57. The molecule has 0 saturated carbocycles.